The molecule has 0 radical (unpaired) electrons. The number of rotatable bonds is 8. The normalized spacial score (nSPS) is 10.7. The summed E-state index contributed by atoms with van der Waals surface area (Å²) in [6, 6.07) is 4.44. The van der Waals surface area contributed by atoms with Crippen molar-refractivity contribution < 1.29 is 13.9 Å². The Morgan fingerprint density at radius 3 is 2.88 bits per heavy atom. The van der Waals surface area contributed by atoms with Gasteiger partial charge in [0.1, 0.15) is 6.33 Å². The van der Waals surface area contributed by atoms with E-state index in [4.69, 9.17) is 4.74 Å². The molecule has 1 N–H and O–H groups in total. The molecule has 0 fully saturated rings. The predicted octanol–water partition coefficient (Wildman–Crippen LogP) is 2.99. The SMILES string of the molecule is CCCNCCCN(C)C(=O)n1cnc(-c2ccc(OC)c(F)c2)c1. The van der Waals surface area contributed by atoms with E-state index in [-0.39, 0.29) is 11.8 Å². The van der Waals surface area contributed by atoms with Crippen LogP contribution in [-0.2, 0) is 0 Å². The number of hydrogen-bond donors (Lipinski definition) is 1. The number of imidazole rings is 1. The zero-order valence-corrected chi connectivity index (χ0v) is 15.0. The minimum absolute atomic E-state index is 0.164. The van der Waals surface area contributed by atoms with E-state index in [0.29, 0.717) is 17.8 Å². The number of benzene rings is 1. The van der Waals surface area contributed by atoms with Gasteiger partial charge < -0.3 is 15.0 Å². The van der Waals surface area contributed by atoms with Crippen molar-refractivity contribution in [3.8, 4) is 17.0 Å². The number of halogens is 1. The van der Waals surface area contributed by atoms with Gasteiger partial charge in [-0.3, -0.25) is 4.57 Å². The Morgan fingerprint density at radius 1 is 1.40 bits per heavy atom. The topological polar surface area (TPSA) is 59.4 Å². The second kappa shape index (κ2) is 9.17. The van der Waals surface area contributed by atoms with E-state index in [1.165, 1.54) is 24.1 Å². The molecule has 0 aliphatic carbocycles. The van der Waals surface area contributed by atoms with Crippen LogP contribution < -0.4 is 10.1 Å². The average Bonchev–Trinajstić information content (AvgIpc) is 3.10. The second-order valence-corrected chi connectivity index (χ2v) is 5.82. The highest BCUT2D eigenvalue weighted by Crippen LogP contribution is 2.24. The maximum atomic E-state index is 13.8. The maximum Gasteiger partial charge on any atom is 0.329 e. The summed E-state index contributed by atoms with van der Waals surface area (Å²) in [5.41, 5.74) is 1.13. The largest absolute Gasteiger partial charge is 0.494 e. The molecule has 0 saturated heterocycles. The van der Waals surface area contributed by atoms with E-state index in [1.807, 2.05) is 0 Å². The van der Waals surface area contributed by atoms with Gasteiger partial charge in [-0.15, -0.1) is 0 Å². The molecule has 0 spiro atoms. The summed E-state index contributed by atoms with van der Waals surface area (Å²) in [4.78, 5) is 18.3. The first-order valence-electron chi connectivity index (χ1n) is 8.41. The van der Waals surface area contributed by atoms with Crippen molar-refractivity contribution >= 4 is 6.03 Å². The van der Waals surface area contributed by atoms with Crippen molar-refractivity contribution in [1.82, 2.24) is 19.8 Å². The molecule has 0 atom stereocenters. The molecule has 136 valence electrons. The third-order valence-electron chi connectivity index (χ3n) is 3.85. The molecule has 1 aromatic heterocycles. The Hall–Kier alpha value is -2.41. The Labute approximate surface area is 147 Å². The van der Waals surface area contributed by atoms with Crippen LogP contribution in [0.15, 0.2) is 30.7 Å². The van der Waals surface area contributed by atoms with Gasteiger partial charge in [-0.25, -0.2) is 14.2 Å². The van der Waals surface area contributed by atoms with E-state index < -0.39 is 5.82 Å². The second-order valence-electron chi connectivity index (χ2n) is 5.82. The first-order valence-corrected chi connectivity index (χ1v) is 8.41. The van der Waals surface area contributed by atoms with Gasteiger partial charge in [0.2, 0.25) is 0 Å². The number of aromatic nitrogens is 2. The van der Waals surface area contributed by atoms with E-state index >= 15 is 0 Å². The molecule has 2 rings (SSSR count). The van der Waals surface area contributed by atoms with Crippen LogP contribution in [0.5, 0.6) is 5.75 Å². The summed E-state index contributed by atoms with van der Waals surface area (Å²) in [7, 11) is 3.17. The highest BCUT2D eigenvalue weighted by atomic mass is 19.1. The predicted molar refractivity (Wildman–Crippen MR) is 95.4 cm³/mol. The summed E-state index contributed by atoms with van der Waals surface area (Å²) in [6.45, 7) is 4.64. The van der Waals surface area contributed by atoms with Crippen LogP contribution in [0.2, 0.25) is 0 Å². The molecule has 1 aromatic carbocycles. The van der Waals surface area contributed by atoms with E-state index in [1.54, 1.807) is 30.3 Å². The average molecular weight is 348 g/mol. The Kier molecular flexibility index (Phi) is 6.94. The highest BCUT2D eigenvalue weighted by Gasteiger charge is 2.13. The molecular weight excluding hydrogens is 323 g/mol. The molecule has 7 heteroatoms. The van der Waals surface area contributed by atoms with Crippen LogP contribution in [0.3, 0.4) is 0 Å². The molecule has 25 heavy (non-hydrogen) atoms. The van der Waals surface area contributed by atoms with Gasteiger partial charge in [0, 0.05) is 25.4 Å². The van der Waals surface area contributed by atoms with Crippen molar-refractivity contribution in [3.05, 3.63) is 36.5 Å². The first-order chi connectivity index (χ1) is 12.1. The van der Waals surface area contributed by atoms with Gasteiger partial charge in [0.25, 0.3) is 0 Å². The summed E-state index contributed by atoms with van der Waals surface area (Å²) < 4.78 is 20.1. The number of hydrogen-bond acceptors (Lipinski definition) is 4. The van der Waals surface area contributed by atoms with Gasteiger partial charge >= 0.3 is 6.03 Å². The molecule has 0 saturated carbocycles. The maximum absolute atomic E-state index is 13.8. The van der Waals surface area contributed by atoms with Crippen molar-refractivity contribution in [2.75, 3.05) is 33.8 Å². The summed E-state index contributed by atoms with van der Waals surface area (Å²) in [6.07, 6.45) is 5.03. The van der Waals surface area contributed by atoms with Gasteiger partial charge in [-0.05, 0) is 44.1 Å². The molecule has 0 aliphatic heterocycles. The van der Waals surface area contributed by atoms with E-state index in [0.717, 1.165) is 25.9 Å². The number of methoxy groups -OCH3 is 1. The zero-order valence-electron chi connectivity index (χ0n) is 15.0. The van der Waals surface area contributed by atoms with Crippen LogP contribution in [-0.4, -0.2) is 54.3 Å². The minimum atomic E-state index is -0.461. The van der Waals surface area contributed by atoms with E-state index in [2.05, 4.69) is 17.2 Å². The molecule has 1 heterocycles. The highest BCUT2D eigenvalue weighted by molar-refractivity contribution is 5.77. The number of ether oxygens (including phenoxy) is 1. The van der Waals surface area contributed by atoms with E-state index in [9.17, 15) is 9.18 Å². The Bertz CT molecular complexity index is 702. The van der Waals surface area contributed by atoms with Gasteiger partial charge in [-0.1, -0.05) is 6.92 Å². The lowest BCUT2D eigenvalue weighted by molar-refractivity contribution is 0.210. The third-order valence-corrected chi connectivity index (χ3v) is 3.85. The third kappa shape index (κ3) is 5.03. The lowest BCUT2D eigenvalue weighted by Gasteiger charge is -2.17. The molecular formula is C18H25FN4O2. The monoisotopic (exact) mass is 348 g/mol. The molecule has 0 unspecified atom stereocenters. The number of nitrogens with one attached hydrogen (secondary N) is 1. The quantitative estimate of drug-likeness (QED) is 0.745. The molecule has 2 aromatic rings. The zero-order chi connectivity index (χ0) is 18.2. The van der Waals surface area contributed by atoms with Crippen LogP contribution in [0.1, 0.15) is 19.8 Å². The number of amides is 1. The van der Waals surface area contributed by atoms with Crippen molar-refractivity contribution in [3.63, 3.8) is 0 Å². The standard InChI is InChI=1S/C18H25FN4O2/c1-4-8-20-9-5-10-22(2)18(24)23-12-16(21-13-23)14-6-7-17(25-3)15(19)11-14/h6-7,11-13,20H,4-5,8-10H2,1-3H3. The summed E-state index contributed by atoms with van der Waals surface area (Å²) in [5, 5.41) is 3.31. The van der Waals surface area contributed by atoms with Gasteiger partial charge in [-0.2, -0.15) is 0 Å². The fourth-order valence-electron chi connectivity index (χ4n) is 2.44. The minimum Gasteiger partial charge on any atom is -0.494 e. The smallest absolute Gasteiger partial charge is 0.329 e. The van der Waals surface area contributed by atoms with Gasteiger partial charge in [0.15, 0.2) is 11.6 Å². The number of carbonyl (C=O) groups excluding carboxylic acids is 1. The fourth-order valence-corrected chi connectivity index (χ4v) is 2.44. The fraction of sp³-hybridized carbons (Fsp3) is 0.444. The number of nitrogens with zero attached hydrogens (tertiary/aromatic N) is 3. The Morgan fingerprint density at radius 2 is 2.20 bits per heavy atom. The molecule has 6 nitrogen and oxygen atoms in total. The molecule has 1 amide bonds. The van der Waals surface area contributed by atoms with Crippen LogP contribution in [0.4, 0.5) is 9.18 Å². The first kappa shape index (κ1) is 18.9. The van der Waals surface area contributed by atoms with Crippen LogP contribution in [0, 0.1) is 5.82 Å². The summed E-state index contributed by atoms with van der Waals surface area (Å²) >= 11 is 0. The van der Waals surface area contributed by atoms with Crippen molar-refractivity contribution in [1.29, 1.82) is 0 Å². The number of carbonyl (C=O) groups is 1. The molecule has 0 bridgehead atoms. The van der Waals surface area contributed by atoms with Crippen molar-refractivity contribution in [2.24, 2.45) is 0 Å². The van der Waals surface area contributed by atoms with Gasteiger partial charge in [0.05, 0.1) is 12.8 Å². The lowest BCUT2D eigenvalue weighted by Crippen LogP contribution is -2.32. The van der Waals surface area contributed by atoms with Crippen LogP contribution in [0.25, 0.3) is 11.3 Å². The summed E-state index contributed by atoms with van der Waals surface area (Å²) in [5.74, 6) is -0.284. The lowest BCUT2D eigenvalue weighted by atomic mass is 10.1. The van der Waals surface area contributed by atoms with Crippen LogP contribution >= 0.6 is 0 Å². The molecule has 0 aliphatic rings. The van der Waals surface area contributed by atoms with Crippen molar-refractivity contribution in [2.45, 2.75) is 19.8 Å². The Balaban J connectivity index is 1.97.